The molecule has 0 radical (unpaired) electrons. The van der Waals surface area contributed by atoms with Crippen LogP contribution >= 0.6 is 0 Å². The molecule has 2 aromatic heterocycles. The van der Waals surface area contributed by atoms with Gasteiger partial charge >= 0.3 is 5.97 Å². The summed E-state index contributed by atoms with van der Waals surface area (Å²) in [5, 5.41) is 14.5. The van der Waals surface area contributed by atoms with Gasteiger partial charge in [-0.1, -0.05) is 0 Å². The summed E-state index contributed by atoms with van der Waals surface area (Å²) in [6.45, 7) is 3.87. The monoisotopic (exact) mass is 423 g/mol. The van der Waals surface area contributed by atoms with Crippen molar-refractivity contribution in [2.45, 2.75) is 39.2 Å². The van der Waals surface area contributed by atoms with E-state index in [1.54, 1.807) is 48.9 Å². The second kappa shape index (κ2) is 8.63. The van der Waals surface area contributed by atoms with Gasteiger partial charge in [0, 0.05) is 17.3 Å². The third-order valence-electron chi connectivity index (χ3n) is 5.47. The second-order valence-electron chi connectivity index (χ2n) is 7.43. The Morgan fingerprint density at radius 2 is 2.06 bits per heavy atom. The molecule has 1 amide bonds. The Morgan fingerprint density at radius 1 is 1.26 bits per heavy atom. The Morgan fingerprint density at radius 3 is 2.74 bits per heavy atom. The number of hydrogen-bond donors (Lipinski definition) is 2. The molecule has 0 aliphatic heterocycles. The van der Waals surface area contributed by atoms with Crippen molar-refractivity contribution in [3.05, 3.63) is 47.3 Å². The fourth-order valence-electron chi connectivity index (χ4n) is 3.58. The maximum absolute atomic E-state index is 12.6. The highest BCUT2D eigenvalue weighted by Gasteiger charge is 2.22. The predicted molar refractivity (Wildman–Crippen MR) is 115 cm³/mol. The Labute approximate surface area is 179 Å². The van der Waals surface area contributed by atoms with Crippen LogP contribution in [0.5, 0.6) is 5.75 Å². The number of carbonyl (C=O) groups is 2. The number of benzene rings is 1. The van der Waals surface area contributed by atoms with E-state index in [2.05, 4.69) is 20.8 Å². The number of rotatable bonds is 7. The lowest BCUT2D eigenvalue weighted by Gasteiger charge is -2.26. The Hall–Kier alpha value is -3.62. The zero-order chi connectivity index (χ0) is 22.0. The van der Waals surface area contributed by atoms with E-state index in [4.69, 9.17) is 9.47 Å². The minimum absolute atomic E-state index is 0.124. The summed E-state index contributed by atoms with van der Waals surface area (Å²) in [5.74, 6) is 0.415. The van der Waals surface area contributed by atoms with Crippen LogP contribution < -0.4 is 15.4 Å². The molecule has 0 spiro atoms. The highest BCUT2D eigenvalue weighted by molar-refractivity contribution is 5.96. The van der Waals surface area contributed by atoms with E-state index in [1.807, 2.05) is 6.92 Å². The standard InChI is InChI=1S/C22H25N5O4/c1-4-31-21(29)17-11-16-12-23-26-22(27(16)13(17)2)25-18-10-14(8-9-19(18)30-3)20(28)24-15-6-5-7-15/h8-12,15H,4-7H2,1-3H3,(H,24,28)(H,25,26). The molecular weight excluding hydrogens is 398 g/mol. The fraction of sp³-hybridized carbons (Fsp3) is 0.364. The number of carbonyl (C=O) groups excluding carboxylic acids is 2. The van der Waals surface area contributed by atoms with Gasteiger partial charge in [0.05, 0.1) is 36.7 Å². The van der Waals surface area contributed by atoms with E-state index in [-0.39, 0.29) is 11.9 Å². The van der Waals surface area contributed by atoms with Crippen molar-refractivity contribution in [2.24, 2.45) is 0 Å². The molecule has 0 unspecified atom stereocenters. The van der Waals surface area contributed by atoms with Gasteiger partial charge in [0.25, 0.3) is 5.91 Å². The van der Waals surface area contributed by atoms with Gasteiger partial charge in [0.2, 0.25) is 5.95 Å². The maximum Gasteiger partial charge on any atom is 0.339 e. The van der Waals surface area contributed by atoms with Gasteiger partial charge in [-0.3, -0.25) is 9.20 Å². The number of esters is 1. The number of aryl methyl sites for hydroxylation is 1. The normalized spacial score (nSPS) is 13.5. The van der Waals surface area contributed by atoms with Gasteiger partial charge < -0.3 is 20.1 Å². The van der Waals surface area contributed by atoms with Crippen molar-refractivity contribution in [3.8, 4) is 5.75 Å². The van der Waals surface area contributed by atoms with E-state index in [9.17, 15) is 9.59 Å². The van der Waals surface area contributed by atoms with Crippen LogP contribution in [0.2, 0.25) is 0 Å². The minimum Gasteiger partial charge on any atom is -0.495 e. The van der Waals surface area contributed by atoms with Gasteiger partial charge in [-0.05, 0) is 57.4 Å². The molecule has 0 atom stereocenters. The van der Waals surface area contributed by atoms with Gasteiger partial charge in [-0.15, -0.1) is 5.10 Å². The maximum atomic E-state index is 12.6. The third-order valence-corrected chi connectivity index (χ3v) is 5.47. The Kier molecular flexibility index (Phi) is 5.75. The number of hydrogen-bond acceptors (Lipinski definition) is 7. The topological polar surface area (TPSA) is 107 Å². The van der Waals surface area contributed by atoms with Crippen LogP contribution in [0.3, 0.4) is 0 Å². The van der Waals surface area contributed by atoms with Crippen LogP contribution in [0.1, 0.15) is 52.6 Å². The van der Waals surface area contributed by atoms with Crippen molar-refractivity contribution in [1.82, 2.24) is 19.9 Å². The number of amides is 1. The molecule has 1 aliphatic carbocycles. The van der Waals surface area contributed by atoms with Crippen molar-refractivity contribution < 1.29 is 19.1 Å². The number of ether oxygens (including phenoxy) is 2. The van der Waals surface area contributed by atoms with Crippen molar-refractivity contribution >= 4 is 29.0 Å². The molecule has 1 aromatic carbocycles. The van der Waals surface area contributed by atoms with Gasteiger partial charge in [0.1, 0.15) is 5.75 Å². The van der Waals surface area contributed by atoms with Gasteiger partial charge in [-0.25, -0.2) is 4.79 Å². The van der Waals surface area contributed by atoms with Crippen molar-refractivity contribution in [2.75, 3.05) is 19.0 Å². The first-order valence-corrected chi connectivity index (χ1v) is 10.3. The van der Waals surface area contributed by atoms with Crippen LogP contribution in [0.15, 0.2) is 30.5 Å². The Bertz CT molecular complexity index is 1140. The van der Waals surface area contributed by atoms with E-state index in [0.29, 0.717) is 46.3 Å². The van der Waals surface area contributed by atoms with Crippen molar-refractivity contribution in [1.29, 1.82) is 0 Å². The number of anilines is 2. The summed E-state index contributed by atoms with van der Waals surface area (Å²) in [4.78, 5) is 24.9. The predicted octanol–water partition coefficient (Wildman–Crippen LogP) is 3.25. The lowest BCUT2D eigenvalue weighted by atomic mass is 9.93. The number of fused-ring (bicyclic) bond motifs is 1. The molecule has 1 aliphatic rings. The lowest BCUT2D eigenvalue weighted by molar-refractivity contribution is 0.0525. The van der Waals surface area contributed by atoms with Gasteiger partial charge in [-0.2, -0.15) is 5.10 Å². The average molecular weight is 423 g/mol. The first kappa shape index (κ1) is 20.6. The molecule has 0 bridgehead atoms. The number of nitrogens with zero attached hydrogens (tertiary/aromatic N) is 3. The largest absolute Gasteiger partial charge is 0.495 e. The molecule has 0 saturated heterocycles. The minimum atomic E-state index is -0.401. The number of aromatic nitrogens is 3. The summed E-state index contributed by atoms with van der Waals surface area (Å²) in [6.07, 6.45) is 4.74. The SMILES string of the molecule is CCOC(=O)c1cc2cnnc(Nc3cc(C(=O)NC4CCC4)ccc3OC)n2c1C. The highest BCUT2D eigenvalue weighted by Crippen LogP contribution is 2.30. The second-order valence-corrected chi connectivity index (χ2v) is 7.43. The smallest absolute Gasteiger partial charge is 0.339 e. The fourth-order valence-corrected chi connectivity index (χ4v) is 3.58. The molecule has 9 heteroatoms. The van der Waals surface area contributed by atoms with Gasteiger partial charge in [0.15, 0.2) is 0 Å². The summed E-state index contributed by atoms with van der Waals surface area (Å²) >= 11 is 0. The first-order chi connectivity index (χ1) is 15.0. The van der Waals surface area contributed by atoms with E-state index in [1.165, 1.54) is 0 Å². The van der Waals surface area contributed by atoms with Crippen LogP contribution in [-0.2, 0) is 4.74 Å². The third kappa shape index (κ3) is 4.03. The summed E-state index contributed by atoms with van der Waals surface area (Å²) < 4.78 is 12.4. The van der Waals surface area contributed by atoms with Crippen LogP contribution in [-0.4, -0.2) is 46.2 Å². The first-order valence-electron chi connectivity index (χ1n) is 10.3. The Balaban J connectivity index is 1.68. The van der Waals surface area contributed by atoms with Crippen LogP contribution in [0.25, 0.3) is 5.52 Å². The molecule has 1 saturated carbocycles. The molecule has 162 valence electrons. The quantitative estimate of drug-likeness (QED) is 0.562. The molecule has 1 fully saturated rings. The van der Waals surface area contributed by atoms with Crippen LogP contribution in [0, 0.1) is 6.92 Å². The number of methoxy groups -OCH3 is 1. The molecule has 2 heterocycles. The molecule has 4 rings (SSSR count). The van der Waals surface area contributed by atoms with E-state index in [0.717, 1.165) is 19.3 Å². The van der Waals surface area contributed by atoms with Crippen LogP contribution in [0.4, 0.5) is 11.6 Å². The molecule has 31 heavy (non-hydrogen) atoms. The summed E-state index contributed by atoms with van der Waals surface area (Å²) in [5.41, 5.74) is 2.89. The zero-order valence-electron chi connectivity index (χ0n) is 17.8. The summed E-state index contributed by atoms with van der Waals surface area (Å²) in [6, 6.07) is 7.14. The average Bonchev–Trinajstić information content (AvgIpc) is 3.08. The lowest BCUT2D eigenvalue weighted by Crippen LogP contribution is -2.39. The number of nitrogens with one attached hydrogen (secondary N) is 2. The van der Waals surface area contributed by atoms with E-state index >= 15 is 0 Å². The molecular formula is C22H25N5O4. The summed E-state index contributed by atoms with van der Waals surface area (Å²) in [7, 11) is 1.56. The molecule has 2 N–H and O–H groups in total. The molecule has 3 aromatic rings. The highest BCUT2D eigenvalue weighted by atomic mass is 16.5. The van der Waals surface area contributed by atoms with E-state index < -0.39 is 5.97 Å². The van der Waals surface area contributed by atoms with Crippen molar-refractivity contribution in [3.63, 3.8) is 0 Å². The molecule has 9 nitrogen and oxygen atoms in total. The zero-order valence-corrected chi connectivity index (χ0v) is 17.8.